The average Bonchev–Trinajstić information content (AvgIpc) is 3.32. The summed E-state index contributed by atoms with van der Waals surface area (Å²) < 4.78 is 34.6. The lowest BCUT2D eigenvalue weighted by atomic mass is 9.85. The van der Waals surface area contributed by atoms with Crippen molar-refractivity contribution in [2.24, 2.45) is 5.92 Å². The number of rotatable bonds is 10. The maximum Gasteiger partial charge on any atom is 0.284 e. The van der Waals surface area contributed by atoms with Crippen molar-refractivity contribution in [3.63, 3.8) is 0 Å². The highest BCUT2D eigenvalue weighted by atomic mass is 19.3. The van der Waals surface area contributed by atoms with Crippen molar-refractivity contribution in [2.75, 3.05) is 37.0 Å². The van der Waals surface area contributed by atoms with Crippen LogP contribution in [-0.4, -0.2) is 57.7 Å². The van der Waals surface area contributed by atoms with E-state index in [2.05, 4.69) is 32.5 Å². The van der Waals surface area contributed by atoms with Gasteiger partial charge in [0.25, 0.3) is 12.3 Å². The van der Waals surface area contributed by atoms with Crippen LogP contribution in [-0.2, 0) is 4.74 Å². The smallest absolute Gasteiger partial charge is 0.284 e. The minimum absolute atomic E-state index is 0.00237. The highest BCUT2D eigenvalue weighted by molar-refractivity contribution is 6.11. The predicted molar refractivity (Wildman–Crippen MR) is 134 cm³/mol. The number of hydrogen-bond donors (Lipinski definition) is 1. The van der Waals surface area contributed by atoms with Crippen LogP contribution < -0.4 is 10.2 Å². The highest BCUT2D eigenvalue weighted by Gasteiger charge is 2.27. The van der Waals surface area contributed by atoms with Crippen molar-refractivity contribution >= 4 is 28.4 Å². The van der Waals surface area contributed by atoms with Gasteiger partial charge in [0.1, 0.15) is 16.9 Å². The van der Waals surface area contributed by atoms with Gasteiger partial charge >= 0.3 is 0 Å². The summed E-state index contributed by atoms with van der Waals surface area (Å²) in [6.07, 6.45) is 5.01. The maximum atomic E-state index is 13.8. The number of hydrogen-bond acceptors (Lipinski definition) is 7. The molecule has 0 radical (unpaired) electrons. The third-order valence-electron chi connectivity index (χ3n) is 6.86. The minimum atomic E-state index is -2.82. The number of likely N-dealkylation sites (N-methyl/N-ethyl adjacent to an activating group) is 1. The molecule has 11 heteroatoms. The molecule has 0 bridgehead atoms. The monoisotopic (exact) mass is 501 g/mol. The van der Waals surface area contributed by atoms with Crippen molar-refractivity contribution in [2.45, 2.75) is 58.4 Å². The van der Waals surface area contributed by atoms with Crippen molar-refractivity contribution in [1.82, 2.24) is 25.0 Å². The molecule has 1 saturated carbocycles. The summed E-state index contributed by atoms with van der Waals surface area (Å²) in [6, 6.07) is 3.57. The van der Waals surface area contributed by atoms with E-state index in [-0.39, 0.29) is 17.3 Å². The molecule has 0 aliphatic heterocycles. The number of aromatic nitrogens is 5. The molecular formula is C25H33F2N7O2. The Hall–Kier alpha value is -3.21. The molecule has 1 aliphatic carbocycles. The van der Waals surface area contributed by atoms with Crippen LogP contribution in [0.15, 0.2) is 24.5 Å². The van der Waals surface area contributed by atoms with Crippen LogP contribution in [0.2, 0.25) is 0 Å². The molecular weight excluding hydrogens is 468 g/mol. The van der Waals surface area contributed by atoms with Gasteiger partial charge in [0.15, 0.2) is 5.69 Å². The van der Waals surface area contributed by atoms with Crippen LogP contribution in [0.4, 0.5) is 20.3 Å². The lowest BCUT2D eigenvalue weighted by Crippen LogP contribution is -2.23. The molecule has 0 aromatic carbocycles. The van der Waals surface area contributed by atoms with Crippen LogP contribution in [0.1, 0.15) is 74.5 Å². The van der Waals surface area contributed by atoms with E-state index in [4.69, 9.17) is 4.74 Å². The number of fused-ring (bicyclic) bond motifs is 1. The van der Waals surface area contributed by atoms with Crippen molar-refractivity contribution in [1.29, 1.82) is 0 Å². The molecule has 1 aliphatic rings. The Morgan fingerprint density at radius 1 is 1.25 bits per heavy atom. The van der Waals surface area contributed by atoms with Gasteiger partial charge < -0.3 is 15.0 Å². The summed E-state index contributed by atoms with van der Waals surface area (Å²) in [5, 5.41) is 14.8. The van der Waals surface area contributed by atoms with Gasteiger partial charge in [-0.2, -0.15) is 10.2 Å². The number of nitrogens with zero attached hydrogens (tertiary/aromatic N) is 6. The first kappa shape index (κ1) is 25.9. The Balaban J connectivity index is 1.57. The molecule has 1 amide bonds. The fourth-order valence-electron chi connectivity index (χ4n) is 4.63. The molecule has 0 atom stereocenters. The van der Waals surface area contributed by atoms with Crippen LogP contribution >= 0.6 is 0 Å². The summed E-state index contributed by atoms with van der Waals surface area (Å²) in [7, 11) is 1.87. The summed E-state index contributed by atoms with van der Waals surface area (Å²) >= 11 is 0. The molecule has 3 heterocycles. The van der Waals surface area contributed by atoms with Crippen LogP contribution in [0.5, 0.6) is 0 Å². The minimum Gasteiger partial charge on any atom is -0.380 e. The first-order chi connectivity index (χ1) is 17.4. The number of carbonyl (C=O) groups is 1. The van der Waals surface area contributed by atoms with Crippen LogP contribution in [0.25, 0.3) is 11.0 Å². The normalized spacial score (nSPS) is 18.1. The summed E-state index contributed by atoms with van der Waals surface area (Å²) in [5.74, 6) is 0.717. The molecule has 0 spiro atoms. The summed E-state index contributed by atoms with van der Waals surface area (Å²) in [5.41, 5.74) is 0.491. The van der Waals surface area contributed by atoms with E-state index in [1.807, 2.05) is 18.9 Å². The summed E-state index contributed by atoms with van der Waals surface area (Å²) in [4.78, 5) is 19.7. The molecule has 36 heavy (non-hydrogen) atoms. The second-order valence-electron chi connectivity index (χ2n) is 9.16. The second-order valence-corrected chi connectivity index (χ2v) is 9.16. The first-order valence-corrected chi connectivity index (χ1v) is 12.5. The highest BCUT2D eigenvalue weighted by Crippen LogP contribution is 2.36. The first-order valence-electron chi connectivity index (χ1n) is 12.5. The van der Waals surface area contributed by atoms with Crippen molar-refractivity contribution < 1.29 is 18.3 Å². The number of ether oxygens (including phenoxy) is 1. The Kier molecular flexibility index (Phi) is 8.40. The third kappa shape index (κ3) is 5.77. The summed E-state index contributed by atoms with van der Waals surface area (Å²) in [6.45, 7) is 5.88. The molecule has 0 saturated heterocycles. The molecule has 0 unspecified atom stereocenters. The Morgan fingerprint density at radius 2 is 2.03 bits per heavy atom. The molecule has 3 aromatic heterocycles. The van der Waals surface area contributed by atoms with Crippen molar-refractivity contribution in [3.05, 3.63) is 35.8 Å². The predicted octanol–water partition coefficient (Wildman–Crippen LogP) is 5.03. The number of alkyl halides is 2. The molecule has 3 aromatic rings. The number of nitrogens with one attached hydrogen (secondary N) is 1. The van der Waals surface area contributed by atoms with E-state index >= 15 is 0 Å². The van der Waals surface area contributed by atoms with Gasteiger partial charge in [0.05, 0.1) is 30.1 Å². The SMILES string of the molecule is CCOCCN(C)c1ccc2nncc(C(=O)Nc3cn(C4CCC(CC)CC4)nc3C(F)F)c2n1. The molecule has 1 N–H and O–H groups in total. The van der Waals surface area contributed by atoms with Gasteiger partial charge in [-0.15, -0.1) is 5.10 Å². The Morgan fingerprint density at radius 3 is 2.72 bits per heavy atom. The molecule has 194 valence electrons. The second kappa shape index (κ2) is 11.7. The zero-order chi connectivity index (χ0) is 25.7. The largest absolute Gasteiger partial charge is 0.380 e. The third-order valence-corrected chi connectivity index (χ3v) is 6.86. The zero-order valence-electron chi connectivity index (χ0n) is 21.0. The number of halogens is 2. The molecule has 4 rings (SSSR count). The average molecular weight is 502 g/mol. The van der Waals surface area contributed by atoms with Gasteiger partial charge in [-0.25, -0.2) is 13.8 Å². The topological polar surface area (TPSA) is 98.1 Å². The zero-order valence-corrected chi connectivity index (χ0v) is 21.0. The Labute approximate surface area is 209 Å². The van der Waals surface area contributed by atoms with Gasteiger partial charge in [-0.1, -0.05) is 13.3 Å². The molecule has 9 nitrogen and oxygen atoms in total. The van der Waals surface area contributed by atoms with E-state index in [1.165, 1.54) is 12.4 Å². The van der Waals surface area contributed by atoms with Gasteiger partial charge in [-0.05, 0) is 50.7 Å². The van der Waals surface area contributed by atoms with E-state index in [0.717, 1.165) is 32.1 Å². The number of carbonyl (C=O) groups excluding carboxylic acids is 1. The van der Waals surface area contributed by atoms with E-state index in [9.17, 15) is 13.6 Å². The Bertz CT molecular complexity index is 1180. The van der Waals surface area contributed by atoms with Crippen molar-refractivity contribution in [3.8, 4) is 0 Å². The van der Waals surface area contributed by atoms with E-state index in [0.29, 0.717) is 42.5 Å². The van der Waals surface area contributed by atoms with E-state index in [1.54, 1.807) is 16.8 Å². The number of amides is 1. The van der Waals surface area contributed by atoms with Gasteiger partial charge in [0, 0.05) is 26.4 Å². The van der Waals surface area contributed by atoms with E-state index < -0.39 is 18.0 Å². The van der Waals surface area contributed by atoms with Gasteiger partial charge in [0.2, 0.25) is 0 Å². The van der Waals surface area contributed by atoms with Crippen LogP contribution in [0.3, 0.4) is 0 Å². The number of pyridine rings is 1. The molecule has 1 fully saturated rings. The van der Waals surface area contributed by atoms with Gasteiger partial charge in [-0.3, -0.25) is 9.48 Å². The fraction of sp³-hybridized carbons (Fsp3) is 0.560. The number of anilines is 2. The maximum absolute atomic E-state index is 13.8. The lowest BCUT2D eigenvalue weighted by molar-refractivity contribution is 0.102. The lowest BCUT2D eigenvalue weighted by Gasteiger charge is -2.27. The quantitative estimate of drug-likeness (QED) is 0.389. The van der Waals surface area contributed by atoms with Crippen LogP contribution in [0, 0.1) is 5.92 Å². The standard InChI is InChI=1S/C25H33F2N7O2/c1-4-16-6-8-17(9-7-16)34-15-20(23(32-34)24(26)27)29-25(35)18-14-28-31-19-10-11-21(30-22(18)19)33(3)12-13-36-5-2/h10-11,14-17,24H,4-9,12-13H2,1-3H3,(H,29,35). The fourth-order valence-corrected chi connectivity index (χ4v) is 4.63.